The lowest BCUT2D eigenvalue weighted by Gasteiger charge is -2.22. The van der Waals surface area contributed by atoms with Crippen LogP contribution in [-0.4, -0.2) is 51.2 Å². The van der Waals surface area contributed by atoms with Gasteiger partial charge in [-0.3, -0.25) is 0 Å². The summed E-state index contributed by atoms with van der Waals surface area (Å²) in [5, 5.41) is 6.61. The average Bonchev–Trinajstić information content (AvgIpc) is 2.31. The van der Waals surface area contributed by atoms with Gasteiger partial charge in [-0.05, 0) is 33.0 Å². The van der Waals surface area contributed by atoms with Crippen molar-refractivity contribution in [3.63, 3.8) is 0 Å². The highest BCUT2D eigenvalue weighted by atomic mass is 15.1. The Morgan fingerprint density at radius 3 is 1.94 bits per heavy atom. The van der Waals surface area contributed by atoms with Gasteiger partial charge in [0, 0.05) is 26.2 Å². The van der Waals surface area contributed by atoms with Gasteiger partial charge in [-0.1, -0.05) is 26.7 Å². The fourth-order valence-corrected chi connectivity index (χ4v) is 1.67. The van der Waals surface area contributed by atoms with E-state index in [2.05, 4.69) is 29.4 Å². The van der Waals surface area contributed by atoms with Crippen LogP contribution >= 0.6 is 0 Å². The molecule has 0 rings (SSSR count). The van der Waals surface area contributed by atoms with Gasteiger partial charge in [0.1, 0.15) is 0 Å². The zero-order chi connectivity index (χ0) is 12.1. The van der Waals surface area contributed by atoms with Crippen LogP contribution in [0.5, 0.6) is 0 Å². The summed E-state index contributed by atoms with van der Waals surface area (Å²) < 4.78 is 0. The topological polar surface area (TPSA) is 27.3 Å². The Morgan fingerprint density at radius 1 is 0.812 bits per heavy atom. The molecule has 0 aromatic heterocycles. The Morgan fingerprint density at radius 2 is 1.44 bits per heavy atom. The summed E-state index contributed by atoms with van der Waals surface area (Å²) >= 11 is 0. The molecule has 3 nitrogen and oxygen atoms in total. The van der Waals surface area contributed by atoms with Crippen LogP contribution in [0.3, 0.4) is 0 Å². The van der Waals surface area contributed by atoms with Crippen LogP contribution in [0.15, 0.2) is 0 Å². The van der Waals surface area contributed by atoms with Crippen molar-refractivity contribution < 1.29 is 0 Å². The number of nitrogens with zero attached hydrogens (tertiary/aromatic N) is 1. The molecule has 0 aliphatic rings. The van der Waals surface area contributed by atoms with Gasteiger partial charge in [0.2, 0.25) is 0 Å². The summed E-state index contributed by atoms with van der Waals surface area (Å²) in [4.78, 5) is 2.60. The quantitative estimate of drug-likeness (QED) is 0.499. The van der Waals surface area contributed by atoms with Gasteiger partial charge >= 0.3 is 0 Å². The molecule has 0 saturated carbocycles. The molecule has 2 N–H and O–H groups in total. The summed E-state index contributed by atoms with van der Waals surface area (Å²) in [6, 6.07) is 0. The van der Waals surface area contributed by atoms with E-state index in [4.69, 9.17) is 0 Å². The first kappa shape index (κ1) is 15.9. The third kappa shape index (κ3) is 10.4. The molecule has 0 aromatic carbocycles. The van der Waals surface area contributed by atoms with Gasteiger partial charge in [-0.15, -0.1) is 0 Å². The molecule has 0 aliphatic carbocycles. The fraction of sp³-hybridized carbons (Fsp3) is 1.00. The van der Waals surface area contributed by atoms with Crippen LogP contribution in [0.4, 0.5) is 0 Å². The molecule has 0 bridgehead atoms. The van der Waals surface area contributed by atoms with Crippen LogP contribution < -0.4 is 10.6 Å². The maximum absolute atomic E-state index is 3.47. The van der Waals surface area contributed by atoms with Crippen LogP contribution in [-0.2, 0) is 0 Å². The molecule has 0 heterocycles. The zero-order valence-corrected chi connectivity index (χ0v) is 11.5. The predicted molar refractivity (Wildman–Crippen MR) is 73.1 cm³/mol. The van der Waals surface area contributed by atoms with E-state index < -0.39 is 0 Å². The average molecular weight is 229 g/mol. The van der Waals surface area contributed by atoms with Crippen molar-refractivity contribution >= 4 is 0 Å². The number of unbranched alkanes of at least 4 members (excludes halogenated alkanes) is 2. The molecule has 0 atom stereocenters. The molecule has 0 saturated heterocycles. The molecule has 16 heavy (non-hydrogen) atoms. The molecule has 0 amide bonds. The minimum Gasteiger partial charge on any atom is -0.318 e. The second-order valence-electron chi connectivity index (χ2n) is 4.40. The minimum absolute atomic E-state index is 1.06. The van der Waals surface area contributed by atoms with E-state index in [1.54, 1.807) is 0 Å². The standard InChI is InChI=1S/C13H31N3/c1-4-6-11-16(12-7-5-2)13-10-15-9-8-14-3/h14-15H,4-13H2,1-3H3. The van der Waals surface area contributed by atoms with E-state index in [1.165, 1.54) is 45.3 Å². The highest BCUT2D eigenvalue weighted by Gasteiger charge is 2.02. The maximum Gasteiger partial charge on any atom is 0.0107 e. The van der Waals surface area contributed by atoms with Gasteiger partial charge in [-0.25, -0.2) is 0 Å². The van der Waals surface area contributed by atoms with Gasteiger partial charge in [0.25, 0.3) is 0 Å². The lowest BCUT2D eigenvalue weighted by atomic mass is 10.2. The first-order chi connectivity index (χ1) is 7.85. The Kier molecular flexibility index (Phi) is 12.9. The van der Waals surface area contributed by atoms with Crippen molar-refractivity contribution in [2.75, 3.05) is 46.3 Å². The number of nitrogens with one attached hydrogen (secondary N) is 2. The van der Waals surface area contributed by atoms with Crippen molar-refractivity contribution in [3.8, 4) is 0 Å². The first-order valence-corrected chi connectivity index (χ1v) is 6.92. The van der Waals surface area contributed by atoms with Crippen LogP contribution in [0.25, 0.3) is 0 Å². The van der Waals surface area contributed by atoms with Gasteiger partial charge < -0.3 is 15.5 Å². The Labute approximate surface area is 102 Å². The third-order valence-electron chi connectivity index (χ3n) is 2.81. The number of rotatable bonds is 12. The largest absolute Gasteiger partial charge is 0.318 e. The Bertz CT molecular complexity index is 120. The Hall–Kier alpha value is -0.120. The molecule has 98 valence electrons. The van der Waals surface area contributed by atoms with E-state index in [9.17, 15) is 0 Å². The predicted octanol–water partition coefficient (Wildman–Crippen LogP) is 1.70. The summed E-state index contributed by atoms with van der Waals surface area (Å²) in [7, 11) is 2.00. The van der Waals surface area contributed by atoms with E-state index in [1.807, 2.05) is 7.05 Å². The summed E-state index contributed by atoms with van der Waals surface area (Å²) in [5.41, 5.74) is 0. The Balaban J connectivity index is 3.48. The number of hydrogen-bond donors (Lipinski definition) is 2. The van der Waals surface area contributed by atoms with E-state index >= 15 is 0 Å². The molecule has 3 heteroatoms. The molecular formula is C13H31N3. The molecule has 0 fully saturated rings. The van der Waals surface area contributed by atoms with Crippen molar-refractivity contribution in [2.24, 2.45) is 0 Å². The number of likely N-dealkylation sites (N-methyl/N-ethyl adjacent to an activating group) is 1. The van der Waals surface area contributed by atoms with Crippen molar-refractivity contribution in [1.82, 2.24) is 15.5 Å². The lowest BCUT2D eigenvalue weighted by molar-refractivity contribution is 0.265. The fourth-order valence-electron chi connectivity index (χ4n) is 1.67. The molecular weight excluding hydrogens is 198 g/mol. The lowest BCUT2D eigenvalue weighted by Crippen LogP contribution is -2.35. The highest BCUT2D eigenvalue weighted by molar-refractivity contribution is 4.60. The second kappa shape index (κ2) is 12.9. The van der Waals surface area contributed by atoms with Gasteiger partial charge in [0.15, 0.2) is 0 Å². The monoisotopic (exact) mass is 229 g/mol. The van der Waals surface area contributed by atoms with E-state index in [0.717, 1.165) is 19.6 Å². The minimum atomic E-state index is 1.06. The molecule has 0 aromatic rings. The summed E-state index contributed by atoms with van der Waals surface area (Å²) in [6.07, 6.45) is 5.27. The zero-order valence-electron chi connectivity index (χ0n) is 11.5. The third-order valence-corrected chi connectivity index (χ3v) is 2.81. The van der Waals surface area contributed by atoms with Crippen molar-refractivity contribution in [1.29, 1.82) is 0 Å². The van der Waals surface area contributed by atoms with Crippen LogP contribution in [0.1, 0.15) is 39.5 Å². The maximum atomic E-state index is 3.47. The normalized spacial score (nSPS) is 11.2. The molecule has 0 radical (unpaired) electrons. The smallest absolute Gasteiger partial charge is 0.0107 e. The summed E-state index contributed by atoms with van der Waals surface area (Å²) in [5.74, 6) is 0. The van der Waals surface area contributed by atoms with E-state index in [-0.39, 0.29) is 0 Å². The number of hydrogen-bond acceptors (Lipinski definition) is 3. The first-order valence-electron chi connectivity index (χ1n) is 6.92. The molecule has 0 unspecified atom stereocenters. The molecule has 0 aliphatic heterocycles. The van der Waals surface area contributed by atoms with E-state index in [0.29, 0.717) is 0 Å². The van der Waals surface area contributed by atoms with Crippen LogP contribution in [0.2, 0.25) is 0 Å². The van der Waals surface area contributed by atoms with Gasteiger partial charge in [-0.2, -0.15) is 0 Å². The summed E-state index contributed by atoms with van der Waals surface area (Å²) in [6.45, 7) is 11.5. The second-order valence-corrected chi connectivity index (χ2v) is 4.40. The SMILES string of the molecule is CCCCN(CCCC)CCNCCNC. The van der Waals surface area contributed by atoms with Gasteiger partial charge in [0.05, 0.1) is 0 Å². The highest BCUT2D eigenvalue weighted by Crippen LogP contribution is 1.98. The van der Waals surface area contributed by atoms with Crippen molar-refractivity contribution in [2.45, 2.75) is 39.5 Å². The molecule has 0 spiro atoms. The van der Waals surface area contributed by atoms with Crippen LogP contribution in [0, 0.1) is 0 Å². The van der Waals surface area contributed by atoms with Crippen molar-refractivity contribution in [3.05, 3.63) is 0 Å².